The molecule has 4 aromatic rings. The normalized spacial score (nSPS) is 10.9. The van der Waals surface area contributed by atoms with Crippen molar-refractivity contribution in [2.45, 2.75) is 12.8 Å². The van der Waals surface area contributed by atoms with E-state index in [-0.39, 0.29) is 23.7 Å². The molecule has 3 N–H and O–H groups in total. The standard InChI is InChI=1S/C29H24F3N3O3/c30-29(31,32)22-9-5-11-25(17-22)35-28(37)21-8-4-10-24(16-21)33-18-27(36)34-23-12-14-26(15-13-23)38-19-20-6-2-1-3-7-20/h1-17,33H,18-19H2,(H,34,36)(H,35,37). The lowest BCUT2D eigenvalue weighted by molar-refractivity contribution is -0.137. The zero-order valence-electron chi connectivity index (χ0n) is 20.1. The van der Waals surface area contributed by atoms with E-state index in [0.29, 0.717) is 23.7 Å². The Hall–Kier alpha value is -4.79. The Morgan fingerprint density at radius 3 is 2.16 bits per heavy atom. The van der Waals surface area contributed by atoms with Crippen LogP contribution in [0.5, 0.6) is 5.75 Å². The molecule has 4 rings (SSSR count). The molecule has 9 heteroatoms. The van der Waals surface area contributed by atoms with Crippen molar-refractivity contribution < 1.29 is 27.5 Å². The number of hydrogen-bond donors (Lipinski definition) is 3. The minimum atomic E-state index is -4.51. The van der Waals surface area contributed by atoms with Crippen LogP contribution in [-0.2, 0) is 17.6 Å². The van der Waals surface area contributed by atoms with Gasteiger partial charge in [-0.15, -0.1) is 0 Å². The lowest BCUT2D eigenvalue weighted by Gasteiger charge is -2.11. The maximum Gasteiger partial charge on any atom is 0.416 e. The highest BCUT2D eigenvalue weighted by atomic mass is 19.4. The number of anilines is 3. The highest BCUT2D eigenvalue weighted by Gasteiger charge is 2.30. The summed E-state index contributed by atoms with van der Waals surface area (Å²) in [6.07, 6.45) is -4.51. The van der Waals surface area contributed by atoms with Gasteiger partial charge in [-0.25, -0.2) is 0 Å². The third kappa shape index (κ3) is 7.60. The number of ether oxygens (including phenoxy) is 1. The Kier molecular flexibility index (Phi) is 8.27. The maximum atomic E-state index is 12.9. The Morgan fingerprint density at radius 1 is 0.711 bits per heavy atom. The first kappa shape index (κ1) is 26.3. The number of nitrogens with one attached hydrogen (secondary N) is 3. The van der Waals surface area contributed by atoms with Crippen LogP contribution in [0.4, 0.5) is 30.2 Å². The molecule has 0 unspecified atom stereocenters. The summed E-state index contributed by atoms with van der Waals surface area (Å²) < 4.78 is 44.5. The van der Waals surface area contributed by atoms with Crippen LogP contribution in [0, 0.1) is 0 Å². The first-order valence-corrected chi connectivity index (χ1v) is 11.7. The van der Waals surface area contributed by atoms with Crippen LogP contribution in [0.1, 0.15) is 21.5 Å². The van der Waals surface area contributed by atoms with Crippen molar-refractivity contribution in [3.63, 3.8) is 0 Å². The van der Waals surface area contributed by atoms with Gasteiger partial charge >= 0.3 is 6.18 Å². The van der Waals surface area contributed by atoms with E-state index in [4.69, 9.17) is 4.74 Å². The fourth-order valence-corrected chi connectivity index (χ4v) is 3.51. The Morgan fingerprint density at radius 2 is 1.42 bits per heavy atom. The molecule has 194 valence electrons. The van der Waals surface area contributed by atoms with Crippen LogP contribution in [0.2, 0.25) is 0 Å². The summed E-state index contributed by atoms with van der Waals surface area (Å²) in [6.45, 7) is 0.373. The second-order valence-electron chi connectivity index (χ2n) is 8.31. The molecular formula is C29H24F3N3O3. The predicted octanol–water partition coefficient (Wildman–Crippen LogP) is 6.59. The van der Waals surface area contributed by atoms with Crippen molar-refractivity contribution >= 4 is 28.9 Å². The molecule has 0 radical (unpaired) electrons. The zero-order valence-corrected chi connectivity index (χ0v) is 20.1. The first-order valence-electron chi connectivity index (χ1n) is 11.7. The Balaban J connectivity index is 1.27. The minimum Gasteiger partial charge on any atom is -0.489 e. The molecule has 38 heavy (non-hydrogen) atoms. The summed E-state index contributed by atoms with van der Waals surface area (Å²) in [7, 11) is 0. The number of amides is 2. The van der Waals surface area contributed by atoms with Gasteiger partial charge in [0.05, 0.1) is 12.1 Å². The van der Waals surface area contributed by atoms with Crippen molar-refractivity contribution in [1.29, 1.82) is 0 Å². The molecule has 6 nitrogen and oxygen atoms in total. The Labute approximate surface area is 217 Å². The molecule has 0 bridgehead atoms. The fourth-order valence-electron chi connectivity index (χ4n) is 3.51. The van der Waals surface area contributed by atoms with Gasteiger partial charge < -0.3 is 20.7 Å². The third-order valence-corrected chi connectivity index (χ3v) is 5.41. The summed E-state index contributed by atoms with van der Waals surface area (Å²) in [5, 5.41) is 8.17. The second-order valence-corrected chi connectivity index (χ2v) is 8.31. The zero-order chi connectivity index (χ0) is 27.0. The van der Waals surface area contributed by atoms with Crippen LogP contribution in [0.15, 0.2) is 103 Å². The summed E-state index contributed by atoms with van der Waals surface area (Å²) in [5.41, 5.74) is 1.54. The van der Waals surface area contributed by atoms with E-state index in [1.165, 1.54) is 24.3 Å². The fraction of sp³-hybridized carbons (Fsp3) is 0.103. The largest absolute Gasteiger partial charge is 0.489 e. The van der Waals surface area contributed by atoms with Crippen molar-refractivity contribution in [2.75, 3.05) is 22.5 Å². The van der Waals surface area contributed by atoms with Gasteiger partial charge in [-0.2, -0.15) is 13.2 Å². The highest BCUT2D eigenvalue weighted by molar-refractivity contribution is 6.05. The van der Waals surface area contributed by atoms with Gasteiger partial charge in [-0.3, -0.25) is 9.59 Å². The SMILES string of the molecule is O=C(CNc1cccc(C(=O)Nc2cccc(C(F)(F)F)c2)c1)Nc1ccc(OCc2ccccc2)cc1. The van der Waals surface area contributed by atoms with Crippen molar-refractivity contribution in [1.82, 2.24) is 0 Å². The van der Waals surface area contributed by atoms with Gasteiger partial charge in [-0.1, -0.05) is 42.5 Å². The van der Waals surface area contributed by atoms with E-state index in [1.807, 2.05) is 30.3 Å². The van der Waals surface area contributed by atoms with Gasteiger partial charge in [0, 0.05) is 22.6 Å². The van der Waals surface area contributed by atoms with E-state index in [2.05, 4.69) is 16.0 Å². The number of hydrogen-bond acceptors (Lipinski definition) is 4. The average molecular weight is 520 g/mol. The molecule has 0 spiro atoms. The molecule has 0 aliphatic heterocycles. The van der Waals surface area contributed by atoms with Gasteiger partial charge in [0.2, 0.25) is 5.91 Å². The number of benzene rings is 4. The van der Waals surface area contributed by atoms with Crippen LogP contribution in [0.25, 0.3) is 0 Å². The van der Waals surface area contributed by atoms with Gasteiger partial charge in [0.15, 0.2) is 0 Å². The van der Waals surface area contributed by atoms with E-state index < -0.39 is 17.6 Å². The molecule has 0 atom stereocenters. The van der Waals surface area contributed by atoms with E-state index >= 15 is 0 Å². The van der Waals surface area contributed by atoms with Crippen molar-refractivity contribution in [2.24, 2.45) is 0 Å². The minimum absolute atomic E-state index is 0.0269. The van der Waals surface area contributed by atoms with Gasteiger partial charge in [0.1, 0.15) is 12.4 Å². The Bertz CT molecular complexity index is 1390. The summed E-state index contributed by atoms with van der Waals surface area (Å²) in [4.78, 5) is 24.9. The molecule has 0 saturated carbocycles. The molecule has 0 aromatic heterocycles. The monoisotopic (exact) mass is 519 g/mol. The molecule has 0 heterocycles. The van der Waals surface area contributed by atoms with E-state index in [1.54, 1.807) is 36.4 Å². The van der Waals surface area contributed by atoms with Crippen LogP contribution in [0.3, 0.4) is 0 Å². The lowest BCUT2D eigenvalue weighted by Crippen LogP contribution is -2.22. The first-order chi connectivity index (χ1) is 18.3. The summed E-state index contributed by atoms with van der Waals surface area (Å²) in [6, 6.07) is 27.5. The number of alkyl halides is 3. The summed E-state index contributed by atoms with van der Waals surface area (Å²) in [5.74, 6) is -0.209. The topological polar surface area (TPSA) is 79.5 Å². The molecule has 4 aromatic carbocycles. The van der Waals surface area contributed by atoms with Crippen LogP contribution < -0.4 is 20.7 Å². The van der Waals surface area contributed by atoms with Gasteiger partial charge in [0.25, 0.3) is 5.91 Å². The maximum absolute atomic E-state index is 12.9. The number of halogens is 3. The number of carbonyl (C=O) groups is 2. The van der Waals surface area contributed by atoms with Crippen molar-refractivity contribution in [3.05, 3.63) is 120 Å². The van der Waals surface area contributed by atoms with Crippen LogP contribution in [-0.4, -0.2) is 18.4 Å². The number of rotatable bonds is 9. The highest BCUT2D eigenvalue weighted by Crippen LogP contribution is 2.30. The second kappa shape index (κ2) is 12.0. The quantitative estimate of drug-likeness (QED) is 0.233. The third-order valence-electron chi connectivity index (χ3n) is 5.41. The van der Waals surface area contributed by atoms with Crippen LogP contribution >= 0.6 is 0 Å². The molecule has 0 aliphatic rings. The predicted molar refractivity (Wildman–Crippen MR) is 140 cm³/mol. The summed E-state index contributed by atoms with van der Waals surface area (Å²) >= 11 is 0. The van der Waals surface area contributed by atoms with E-state index in [9.17, 15) is 22.8 Å². The molecule has 0 saturated heterocycles. The molecule has 2 amide bonds. The van der Waals surface area contributed by atoms with E-state index in [0.717, 1.165) is 17.7 Å². The number of carbonyl (C=O) groups excluding carboxylic acids is 2. The molecular weight excluding hydrogens is 495 g/mol. The van der Waals surface area contributed by atoms with Gasteiger partial charge in [-0.05, 0) is 66.2 Å². The lowest BCUT2D eigenvalue weighted by atomic mass is 10.1. The molecule has 0 fully saturated rings. The average Bonchev–Trinajstić information content (AvgIpc) is 2.92. The molecule has 0 aliphatic carbocycles. The smallest absolute Gasteiger partial charge is 0.416 e. The van der Waals surface area contributed by atoms with Crippen molar-refractivity contribution in [3.8, 4) is 5.75 Å².